The molecule has 0 bridgehead atoms. The van der Waals surface area contributed by atoms with Crippen molar-refractivity contribution in [3.05, 3.63) is 27.3 Å². The number of ether oxygens (including phenoxy) is 1. The third-order valence-electron chi connectivity index (χ3n) is 3.01. The summed E-state index contributed by atoms with van der Waals surface area (Å²) in [6, 6.07) is 1.77. The number of H-pyrrole nitrogens is 1. The van der Waals surface area contributed by atoms with E-state index in [1.807, 2.05) is 6.92 Å². The second kappa shape index (κ2) is 5.17. The van der Waals surface area contributed by atoms with E-state index in [1.54, 1.807) is 24.5 Å². The van der Waals surface area contributed by atoms with E-state index in [-0.39, 0.29) is 23.4 Å². The van der Waals surface area contributed by atoms with Crippen molar-refractivity contribution in [2.75, 3.05) is 6.61 Å². The van der Waals surface area contributed by atoms with E-state index >= 15 is 0 Å². The van der Waals surface area contributed by atoms with Crippen LogP contribution < -0.4 is 5.56 Å². The van der Waals surface area contributed by atoms with Gasteiger partial charge in [-0.1, -0.05) is 0 Å². The third-order valence-corrected chi connectivity index (χ3v) is 3.01. The van der Waals surface area contributed by atoms with Crippen molar-refractivity contribution in [1.82, 2.24) is 14.5 Å². The van der Waals surface area contributed by atoms with Gasteiger partial charge in [-0.2, -0.15) is 5.26 Å². The van der Waals surface area contributed by atoms with Gasteiger partial charge in [0.15, 0.2) is 5.65 Å². The zero-order valence-electron chi connectivity index (χ0n) is 11.5. The van der Waals surface area contributed by atoms with Gasteiger partial charge in [0.2, 0.25) is 0 Å². The second-order valence-corrected chi connectivity index (χ2v) is 4.14. The molecule has 0 fully saturated rings. The van der Waals surface area contributed by atoms with Crippen molar-refractivity contribution in [3.8, 4) is 6.07 Å². The predicted molar refractivity (Wildman–Crippen MR) is 71.4 cm³/mol. The Hall–Kier alpha value is -2.62. The first-order valence-corrected chi connectivity index (χ1v) is 6.25. The zero-order chi connectivity index (χ0) is 14.9. The maximum absolute atomic E-state index is 12.1. The van der Waals surface area contributed by atoms with E-state index in [4.69, 9.17) is 10.00 Å². The number of hydrogen-bond acceptors (Lipinski definition) is 5. The summed E-state index contributed by atoms with van der Waals surface area (Å²) in [6.45, 7) is 6.04. The monoisotopic (exact) mass is 274 g/mol. The minimum Gasteiger partial charge on any atom is -0.462 e. The normalized spacial score (nSPS) is 10.5. The van der Waals surface area contributed by atoms with Crippen LogP contribution in [0.25, 0.3) is 11.2 Å². The van der Waals surface area contributed by atoms with Gasteiger partial charge in [-0.25, -0.2) is 9.78 Å². The maximum atomic E-state index is 12.1. The van der Waals surface area contributed by atoms with Gasteiger partial charge in [0.05, 0.1) is 6.61 Å². The molecule has 0 spiro atoms. The molecule has 0 saturated heterocycles. The summed E-state index contributed by atoms with van der Waals surface area (Å²) in [5.41, 5.74) is -0.180. The maximum Gasteiger partial charge on any atom is 0.341 e. The number of nitrogens with zero attached hydrogens (tertiary/aromatic N) is 3. The minimum absolute atomic E-state index is 0.0180. The highest BCUT2D eigenvalue weighted by molar-refractivity contribution is 6.03. The molecule has 1 N–H and O–H groups in total. The Labute approximate surface area is 114 Å². The van der Waals surface area contributed by atoms with Crippen LogP contribution in [-0.2, 0) is 11.3 Å². The Kier molecular flexibility index (Phi) is 3.57. The third kappa shape index (κ3) is 1.95. The number of nitriles is 1. The van der Waals surface area contributed by atoms with Crippen molar-refractivity contribution in [3.63, 3.8) is 0 Å². The molecule has 7 nitrogen and oxygen atoms in total. The van der Waals surface area contributed by atoms with Crippen molar-refractivity contribution in [2.24, 2.45) is 0 Å². The number of carbonyl (C=O) groups is 1. The lowest BCUT2D eigenvalue weighted by Gasteiger charge is -2.08. The van der Waals surface area contributed by atoms with Gasteiger partial charge in [-0.3, -0.25) is 4.79 Å². The number of aromatic amines is 1. The van der Waals surface area contributed by atoms with Gasteiger partial charge < -0.3 is 14.3 Å². The number of aromatic nitrogens is 3. The molecule has 0 unspecified atom stereocenters. The van der Waals surface area contributed by atoms with E-state index in [1.165, 1.54) is 0 Å². The Bertz CT molecular complexity index is 779. The van der Waals surface area contributed by atoms with Gasteiger partial charge in [0.25, 0.3) is 5.56 Å². The van der Waals surface area contributed by atoms with Crippen LogP contribution in [-0.4, -0.2) is 27.1 Å². The first kappa shape index (κ1) is 13.8. The van der Waals surface area contributed by atoms with Gasteiger partial charge >= 0.3 is 5.97 Å². The molecule has 0 aliphatic carbocycles. The molecular weight excluding hydrogens is 260 g/mol. The lowest BCUT2D eigenvalue weighted by Crippen LogP contribution is -2.19. The predicted octanol–water partition coefficient (Wildman–Crippen LogP) is 1.10. The van der Waals surface area contributed by atoms with Crippen molar-refractivity contribution < 1.29 is 9.53 Å². The van der Waals surface area contributed by atoms with E-state index in [9.17, 15) is 9.59 Å². The average molecular weight is 274 g/mol. The molecule has 2 rings (SSSR count). The molecule has 0 amide bonds. The van der Waals surface area contributed by atoms with Crippen molar-refractivity contribution in [2.45, 2.75) is 27.3 Å². The molecule has 7 heteroatoms. The van der Waals surface area contributed by atoms with Gasteiger partial charge in [-0.05, 0) is 20.8 Å². The summed E-state index contributed by atoms with van der Waals surface area (Å²) >= 11 is 0. The molecule has 0 aromatic carbocycles. The molecule has 0 saturated carbocycles. The molecule has 104 valence electrons. The fourth-order valence-corrected chi connectivity index (χ4v) is 2.20. The van der Waals surface area contributed by atoms with Crippen LogP contribution >= 0.6 is 0 Å². The number of rotatable bonds is 3. The first-order valence-electron chi connectivity index (χ1n) is 6.25. The van der Waals surface area contributed by atoms with E-state index in [0.29, 0.717) is 17.9 Å². The van der Waals surface area contributed by atoms with Gasteiger partial charge in [0, 0.05) is 6.54 Å². The second-order valence-electron chi connectivity index (χ2n) is 4.14. The molecule has 2 aromatic rings. The minimum atomic E-state index is -0.685. The average Bonchev–Trinajstić information content (AvgIpc) is 2.71. The topological polar surface area (TPSA) is 101 Å². The van der Waals surface area contributed by atoms with Crippen LogP contribution in [0.4, 0.5) is 0 Å². The molecule has 0 atom stereocenters. The molecule has 20 heavy (non-hydrogen) atoms. The van der Waals surface area contributed by atoms with Crippen LogP contribution in [0, 0.1) is 18.3 Å². The SMILES string of the molecule is CCOC(=O)c1c(C#N)c(=O)[nH]c2nc(C)n(CC)c12. The van der Waals surface area contributed by atoms with Crippen LogP contribution in [0.2, 0.25) is 0 Å². The standard InChI is InChI=1S/C13H14N4O3/c1-4-17-7(3)15-11-10(17)9(13(19)20-5-2)8(6-14)12(18)16-11/h4-5H2,1-3H3,(H,16,18). The van der Waals surface area contributed by atoms with Gasteiger partial charge in [0.1, 0.15) is 28.5 Å². The molecule has 2 aromatic heterocycles. The largest absolute Gasteiger partial charge is 0.462 e. The lowest BCUT2D eigenvalue weighted by molar-refractivity contribution is 0.0527. The molecule has 0 aliphatic rings. The zero-order valence-corrected chi connectivity index (χ0v) is 11.5. The number of carbonyl (C=O) groups excluding carboxylic acids is 1. The van der Waals surface area contributed by atoms with Gasteiger partial charge in [-0.15, -0.1) is 0 Å². The van der Waals surface area contributed by atoms with Crippen LogP contribution in [0.3, 0.4) is 0 Å². The molecular formula is C13H14N4O3. The molecule has 0 radical (unpaired) electrons. The summed E-state index contributed by atoms with van der Waals surface area (Å²) < 4.78 is 6.72. The number of fused-ring (bicyclic) bond motifs is 1. The smallest absolute Gasteiger partial charge is 0.341 e. The fraction of sp³-hybridized carbons (Fsp3) is 0.385. The number of esters is 1. The number of pyridine rings is 1. The summed E-state index contributed by atoms with van der Waals surface area (Å²) in [4.78, 5) is 30.7. The highest BCUT2D eigenvalue weighted by atomic mass is 16.5. The summed E-state index contributed by atoms with van der Waals surface area (Å²) in [7, 11) is 0. The van der Waals surface area contributed by atoms with Crippen LogP contribution in [0.1, 0.15) is 35.6 Å². The Morgan fingerprint density at radius 1 is 1.50 bits per heavy atom. The number of aryl methyl sites for hydroxylation is 2. The number of imidazole rings is 1. The van der Waals surface area contributed by atoms with Crippen LogP contribution in [0.5, 0.6) is 0 Å². The number of hydrogen-bond donors (Lipinski definition) is 1. The Morgan fingerprint density at radius 3 is 2.75 bits per heavy atom. The highest BCUT2D eigenvalue weighted by Gasteiger charge is 2.24. The summed E-state index contributed by atoms with van der Waals surface area (Å²) in [6.07, 6.45) is 0. The van der Waals surface area contributed by atoms with E-state index < -0.39 is 11.5 Å². The van der Waals surface area contributed by atoms with Crippen molar-refractivity contribution in [1.29, 1.82) is 5.26 Å². The summed E-state index contributed by atoms with van der Waals surface area (Å²) in [5, 5.41) is 9.14. The van der Waals surface area contributed by atoms with E-state index in [0.717, 1.165) is 0 Å². The Morgan fingerprint density at radius 2 is 2.20 bits per heavy atom. The highest BCUT2D eigenvalue weighted by Crippen LogP contribution is 2.20. The first-order chi connectivity index (χ1) is 9.54. The van der Waals surface area contributed by atoms with E-state index in [2.05, 4.69) is 9.97 Å². The van der Waals surface area contributed by atoms with Crippen molar-refractivity contribution >= 4 is 17.1 Å². The van der Waals surface area contributed by atoms with Crippen LogP contribution in [0.15, 0.2) is 4.79 Å². The quantitative estimate of drug-likeness (QED) is 0.844. The molecule has 2 heterocycles. The molecule has 0 aliphatic heterocycles. The Balaban J connectivity index is 2.95. The summed E-state index contributed by atoms with van der Waals surface area (Å²) in [5.74, 6) is -0.0338. The lowest BCUT2D eigenvalue weighted by atomic mass is 10.1. The fourth-order valence-electron chi connectivity index (χ4n) is 2.20. The number of nitrogens with one attached hydrogen (secondary N) is 1.